The topological polar surface area (TPSA) is 73.1 Å². The van der Waals surface area contributed by atoms with Gasteiger partial charge in [-0.1, -0.05) is 29.3 Å². The highest BCUT2D eigenvalue weighted by atomic mass is 127. The zero-order valence-electron chi connectivity index (χ0n) is 11.5. The Morgan fingerprint density at radius 3 is 2.57 bits per heavy atom. The van der Waals surface area contributed by atoms with E-state index in [1.54, 1.807) is 24.3 Å². The van der Waals surface area contributed by atoms with E-state index < -0.39 is 5.91 Å². The largest absolute Gasteiger partial charge is 0.507 e. The maximum absolute atomic E-state index is 12.2. The maximum atomic E-state index is 12.2. The summed E-state index contributed by atoms with van der Waals surface area (Å²) in [5.74, 6) is -0.421. The third kappa shape index (κ3) is 4.61. The monoisotopic (exact) mass is 458 g/mol. The van der Waals surface area contributed by atoms with E-state index in [2.05, 4.69) is 5.32 Å². The van der Waals surface area contributed by atoms with E-state index in [1.165, 1.54) is 18.2 Å². The highest BCUT2D eigenvalue weighted by molar-refractivity contribution is 14.1. The van der Waals surface area contributed by atoms with Crippen molar-refractivity contribution in [2.45, 2.75) is 0 Å². The average Bonchev–Trinajstić information content (AvgIpc) is 2.52. The molecule has 116 valence electrons. The van der Waals surface area contributed by atoms with E-state index in [0.29, 0.717) is 24.9 Å². The lowest BCUT2D eigenvalue weighted by atomic mass is 10.1. The van der Waals surface area contributed by atoms with Crippen LogP contribution in [0.3, 0.4) is 0 Å². The summed E-state index contributed by atoms with van der Waals surface area (Å²) < 4.78 is 0.624. The van der Waals surface area contributed by atoms with Crippen LogP contribution in [0, 0.1) is 14.9 Å². The molecule has 1 amide bonds. The van der Waals surface area contributed by atoms with Gasteiger partial charge < -0.3 is 10.4 Å². The number of rotatable bonds is 3. The van der Waals surface area contributed by atoms with Crippen molar-refractivity contribution in [2.75, 3.05) is 5.32 Å². The van der Waals surface area contributed by atoms with Crippen LogP contribution < -0.4 is 5.32 Å². The van der Waals surface area contributed by atoms with Crippen LogP contribution in [-0.2, 0) is 4.79 Å². The Morgan fingerprint density at radius 1 is 1.22 bits per heavy atom. The molecule has 2 rings (SSSR count). The number of phenols is 1. The molecule has 0 radical (unpaired) electrons. The number of halogens is 3. The number of phenolic OH excluding ortho intramolecular Hbond substituents is 1. The molecule has 2 N–H and O–H groups in total. The summed E-state index contributed by atoms with van der Waals surface area (Å²) >= 11 is 13.7. The van der Waals surface area contributed by atoms with Crippen LogP contribution in [0.5, 0.6) is 5.75 Å². The Bertz CT molecular complexity index is 844. The molecule has 0 aliphatic rings. The van der Waals surface area contributed by atoms with Gasteiger partial charge in [0.2, 0.25) is 0 Å². The van der Waals surface area contributed by atoms with Crippen LogP contribution in [0.4, 0.5) is 5.69 Å². The first kappa shape index (κ1) is 17.6. The van der Waals surface area contributed by atoms with E-state index in [-0.39, 0.29) is 11.3 Å². The van der Waals surface area contributed by atoms with E-state index in [1.807, 2.05) is 28.7 Å². The fourth-order valence-corrected chi connectivity index (χ4v) is 2.54. The first-order chi connectivity index (χ1) is 10.9. The normalized spacial score (nSPS) is 11.0. The fourth-order valence-electron chi connectivity index (χ4n) is 1.70. The van der Waals surface area contributed by atoms with Gasteiger partial charge in [0.25, 0.3) is 5.91 Å². The molecular weight excluding hydrogens is 450 g/mol. The first-order valence-corrected chi connectivity index (χ1v) is 8.11. The molecule has 2 aromatic carbocycles. The molecule has 23 heavy (non-hydrogen) atoms. The zero-order chi connectivity index (χ0) is 17.0. The van der Waals surface area contributed by atoms with Crippen molar-refractivity contribution in [1.29, 1.82) is 5.26 Å². The number of carbonyl (C=O) groups is 1. The Hall–Kier alpha value is -1.75. The van der Waals surface area contributed by atoms with Gasteiger partial charge in [0, 0.05) is 5.69 Å². The molecule has 0 saturated heterocycles. The molecule has 4 nitrogen and oxygen atoms in total. The molecule has 0 bridgehead atoms. The van der Waals surface area contributed by atoms with Crippen LogP contribution in [0.2, 0.25) is 10.0 Å². The molecule has 0 unspecified atom stereocenters. The van der Waals surface area contributed by atoms with Gasteiger partial charge in [-0.25, -0.2) is 0 Å². The van der Waals surface area contributed by atoms with Crippen molar-refractivity contribution in [3.63, 3.8) is 0 Å². The van der Waals surface area contributed by atoms with E-state index in [4.69, 9.17) is 23.2 Å². The van der Waals surface area contributed by atoms with Gasteiger partial charge in [-0.15, -0.1) is 0 Å². The molecule has 0 aliphatic heterocycles. The van der Waals surface area contributed by atoms with E-state index >= 15 is 0 Å². The molecule has 0 spiro atoms. The minimum atomic E-state index is -0.561. The number of amides is 1. The van der Waals surface area contributed by atoms with Gasteiger partial charge >= 0.3 is 0 Å². The van der Waals surface area contributed by atoms with Crippen LogP contribution in [-0.4, -0.2) is 11.0 Å². The Balaban J connectivity index is 2.24. The van der Waals surface area contributed by atoms with Crippen LogP contribution in [0.1, 0.15) is 5.56 Å². The van der Waals surface area contributed by atoms with Gasteiger partial charge in [0.05, 0.1) is 13.6 Å². The highest BCUT2D eigenvalue weighted by Gasteiger charge is 2.11. The van der Waals surface area contributed by atoms with Gasteiger partial charge in [-0.2, -0.15) is 5.26 Å². The van der Waals surface area contributed by atoms with Crippen molar-refractivity contribution in [3.05, 3.63) is 61.2 Å². The lowest BCUT2D eigenvalue weighted by molar-refractivity contribution is -0.112. The smallest absolute Gasteiger partial charge is 0.266 e. The van der Waals surface area contributed by atoms with Crippen molar-refractivity contribution in [3.8, 4) is 11.8 Å². The van der Waals surface area contributed by atoms with E-state index in [0.717, 1.165) is 0 Å². The van der Waals surface area contributed by atoms with Crippen molar-refractivity contribution >= 4 is 63.5 Å². The second-order valence-corrected chi connectivity index (χ2v) is 6.44. The number of aromatic hydroxyl groups is 1. The summed E-state index contributed by atoms with van der Waals surface area (Å²) in [6, 6.07) is 11.3. The van der Waals surface area contributed by atoms with Gasteiger partial charge in [-0.3, -0.25) is 4.79 Å². The minimum absolute atomic E-state index is 0.0717. The Morgan fingerprint density at radius 2 is 1.96 bits per heavy atom. The number of anilines is 1. The van der Waals surface area contributed by atoms with Gasteiger partial charge in [-0.05, 0) is 64.6 Å². The van der Waals surface area contributed by atoms with Crippen LogP contribution >= 0.6 is 45.8 Å². The lowest BCUT2D eigenvalue weighted by Gasteiger charge is -2.06. The Kier molecular flexibility index (Phi) is 5.88. The second-order valence-electron chi connectivity index (χ2n) is 4.46. The summed E-state index contributed by atoms with van der Waals surface area (Å²) in [5, 5.41) is 21.9. The average molecular weight is 459 g/mol. The predicted octanol–water partition coefficient (Wildman–Crippen LogP) is 4.85. The standard InChI is InChI=1S/C16H9Cl2IN2O2/c17-12-3-2-11(7-13(12)18)21-16(23)10(8-20)5-9-1-4-15(22)14(19)6-9/h1-7,22H,(H,21,23)/b10-5+. The number of carbonyl (C=O) groups excluding carboxylic acids is 1. The highest BCUT2D eigenvalue weighted by Crippen LogP contribution is 2.25. The van der Waals surface area contributed by atoms with Crippen molar-refractivity contribution < 1.29 is 9.90 Å². The van der Waals surface area contributed by atoms with Crippen LogP contribution in [0.15, 0.2) is 42.0 Å². The summed E-state index contributed by atoms with van der Waals surface area (Å²) in [7, 11) is 0. The van der Waals surface area contributed by atoms with Crippen molar-refractivity contribution in [2.24, 2.45) is 0 Å². The molecular formula is C16H9Cl2IN2O2. The summed E-state index contributed by atoms with van der Waals surface area (Å²) in [5.41, 5.74) is 0.997. The zero-order valence-corrected chi connectivity index (χ0v) is 15.1. The minimum Gasteiger partial charge on any atom is -0.507 e. The number of benzene rings is 2. The number of hydrogen-bond donors (Lipinski definition) is 2. The molecule has 0 saturated carbocycles. The number of nitriles is 1. The summed E-state index contributed by atoms with van der Waals surface area (Å²) in [6.07, 6.45) is 1.44. The molecule has 2 aromatic rings. The summed E-state index contributed by atoms with van der Waals surface area (Å²) in [4.78, 5) is 12.2. The van der Waals surface area contributed by atoms with Gasteiger partial charge in [0.15, 0.2) is 0 Å². The molecule has 0 heterocycles. The van der Waals surface area contributed by atoms with Crippen molar-refractivity contribution in [1.82, 2.24) is 0 Å². The number of nitrogens with one attached hydrogen (secondary N) is 1. The molecule has 0 aliphatic carbocycles. The molecule has 0 fully saturated rings. The SMILES string of the molecule is N#C/C(=C\c1ccc(O)c(I)c1)C(=O)Nc1ccc(Cl)c(Cl)c1. The second kappa shape index (κ2) is 7.68. The molecule has 7 heteroatoms. The molecule has 0 atom stereocenters. The van der Waals surface area contributed by atoms with Gasteiger partial charge in [0.1, 0.15) is 17.4 Å². The third-order valence-corrected chi connectivity index (χ3v) is 4.43. The quantitative estimate of drug-likeness (QED) is 0.392. The lowest BCUT2D eigenvalue weighted by Crippen LogP contribution is -2.13. The third-order valence-electron chi connectivity index (χ3n) is 2.83. The summed E-state index contributed by atoms with van der Waals surface area (Å²) in [6.45, 7) is 0. The number of hydrogen-bond acceptors (Lipinski definition) is 3. The predicted molar refractivity (Wildman–Crippen MR) is 99.5 cm³/mol. The van der Waals surface area contributed by atoms with Crippen LogP contribution in [0.25, 0.3) is 6.08 Å². The first-order valence-electron chi connectivity index (χ1n) is 6.27. The van der Waals surface area contributed by atoms with E-state index in [9.17, 15) is 15.2 Å². The maximum Gasteiger partial charge on any atom is 0.266 e. The fraction of sp³-hybridized carbons (Fsp3) is 0. The number of nitrogens with zero attached hydrogens (tertiary/aromatic N) is 1. The Labute approximate surface area is 156 Å². The molecule has 0 aromatic heterocycles.